The zero-order valence-electron chi connectivity index (χ0n) is 12.4. The number of rotatable bonds is 6. The molecule has 0 aromatic heterocycles. The summed E-state index contributed by atoms with van der Waals surface area (Å²) in [7, 11) is 0. The van der Waals surface area contributed by atoms with Crippen LogP contribution in [0.5, 0.6) is 5.75 Å². The van der Waals surface area contributed by atoms with Crippen LogP contribution in [0.1, 0.15) is 63.5 Å². The number of hydrogen-bond donors (Lipinski definition) is 0. The van der Waals surface area contributed by atoms with Crippen molar-refractivity contribution in [2.24, 2.45) is 5.92 Å². The van der Waals surface area contributed by atoms with Gasteiger partial charge in [0.2, 0.25) is 0 Å². The van der Waals surface area contributed by atoms with Crippen LogP contribution in [0, 0.1) is 5.92 Å². The number of carbonyl (C=O) groups is 1. The topological polar surface area (TPSA) is 26.3 Å². The van der Waals surface area contributed by atoms with Gasteiger partial charge in [-0.15, -0.1) is 0 Å². The highest BCUT2D eigenvalue weighted by Gasteiger charge is 2.30. The molecule has 0 aliphatic heterocycles. The number of Topliss-reactive ketones (excluding diaryl/α,β-unsaturated/α-hetero) is 1. The van der Waals surface area contributed by atoms with Crippen LogP contribution in [-0.4, -0.2) is 12.4 Å². The van der Waals surface area contributed by atoms with E-state index in [0.29, 0.717) is 11.8 Å². The first-order valence-corrected chi connectivity index (χ1v) is 7.29. The maximum atomic E-state index is 11.8. The first-order chi connectivity index (χ1) is 9.00. The van der Waals surface area contributed by atoms with Gasteiger partial charge in [0.1, 0.15) is 12.4 Å². The fourth-order valence-electron chi connectivity index (χ4n) is 2.32. The summed E-state index contributed by atoms with van der Waals surface area (Å²) >= 11 is 0. The van der Waals surface area contributed by atoms with Gasteiger partial charge in [0.15, 0.2) is 5.78 Å². The molecule has 0 amide bonds. The van der Waals surface area contributed by atoms with Crippen LogP contribution >= 0.6 is 0 Å². The van der Waals surface area contributed by atoms with Gasteiger partial charge in [-0.3, -0.25) is 4.79 Å². The second-order valence-corrected chi connectivity index (χ2v) is 6.10. The Balaban J connectivity index is 2.21. The molecule has 19 heavy (non-hydrogen) atoms. The van der Waals surface area contributed by atoms with Crippen molar-refractivity contribution in [3.63, 3.8) is 0 Å². The maximum Gasteiger partial charge on any atom is 0.173 e. The molecule has 0 N–H and O–H groups in total. The Morgan fingerprint density at radius 3 is 2.11 bits per heavy atom. The number of ketones is 1. The minimum atomic E-state index is 0.230. The van der Waals surface area contributed by atoms with E-state index in [0.717, 1.165) is 18.6 Å². The van der Waals surface area contributed by atoms with Crippen LogP contribution < -0.4 is 4.74 Å². The lowest BCUT2D eigenvalue weighted by Gasteiger charge is -2.19. The number of hydrogen-bond acceptors (Lipinski definition) is 2. The van der Waals surface area contributed by atoms with Crippen LogP contribution in [0.15, 0.2) is 18.2 Å². The summed E-state index contributed by atoms with van der Waals surface area (Å²) in [5.41, 5.74) is 2.41. The van der Waals surface area contributed by atoms with E-state index in [9.17, 15) is 4.79 Å². The Kier molecular flexibility index (Phi) is 4.28. The van der Waals surface area contributed by atoms with Crippen molar-refractivity contribution in [1.82, 2.24) is 0 Å². The smallest absolute Gasteiger partial charge is 0.173 e. The number of para-hydroxylation sites is 1. The van der Waals surface area contributed by atoms with Gasteiger partial charge in [0.25, 0.3) is 0 Å². The summed E-state index contributed by atoms with van der Waals surface area (Å²) in [6, 6.07) is 6.29. The van der Waals surface area contributed by atoms with Crippen molar-refractivity contribution < 1.29 is 9.53 Å². The third-order valence-electron chi connectivity index (χ3n) is 3.71. The zero-order valence-corrected chi connectivity index (χ0v) is 12.4. The highest BCUT2D eigenvalue weighted by Crippen LogP contribution is 2.35. The minimum absolute atomic E-state index is 0.230. The average Bonchev–Trinajstić information content (AvgIpc) is 3.19. The predicted octanol–water partition coefficient (Wildman–Crippen LogP) is 4.29. The van der Waals surface area contributed by atoms with E-state index in [1.165, 1.54) is 11.1 Å². The summed E-state index contributed by atoms with van der Waals surface area (Å²) in [5, 5.41) is 0. The molecule has 1 aliphatic carbocycles. The molecule has 2 heteroatoms. The molecule has 2 nitrogen and oxygen atoms in total. The SMILES string of the molecule is CC(C)c1cccc(C(C)C)c1OCC(=O)C1CC1. The molecule has 0 unspecified atom stereocenters. The third-order valence-corrected chi connectivity index (χ3v) is 3.71. The van der Waals surface area contributed by atoms with Gasteiger partial charge in [-0.05, 0) is 35.8 Å². The lowest BCUT2D eigenvalue weighted by atomic mass is 9.94. The Morgan fingerprint density at radius 2 is 1.68 bits per heavy atom. The molecule has 1 aliphatic rings. The zero-order chi connectivity index (χ0) is 14.0. The highest BCUT2D eigenvalue weighted by molar-refractivity contribution is 5.84. The van der Waals surface area contributed by atoms with Gasteiger partial charge in [0.05, 0.1) is 0 Å². The lowest BCUT2D eigenvalue weighted by Crippen LogP contribution is -2.15. The first-order valence-electron chi connectivity index (χ1n) is 7.29. The van der Waals surface area contributed by atoms with Crippen LogP contribution in [-0.2, 0) is 4.79 Å². The largest absolute Gasteiger partial charge is 0.485 e. The van der Waals surface area contributed by atoms with Crippen LogP contribution in [0.3, 0.4) is 0 Å². The van der Waals surface area contributed by atoms with Gasteiger partial charge >= 0.3 is 0 Å². The molecule has 0 spiro atoms. The molecule has 0 bridgehead atoms. The van der Waals surface area contributed by atoms with Gasteiger partial charge in [-0.25, -0.2) is 0 Å². The van der Waals surface area contributed by atoms with Crippen LogP contribution in [0.2, 0.25) is 0 Å². The van der Waals surface area contributed by atoms with Gasteiger partial charge in [0, 0.05) is 5.92 Å². The standard InChI is InChI=1S/C17H24O2/c1-11(2)14-6-5-7-15(12(3)4)17(14)19-10-16(18)13-8-9-13/h5-7,11-13H,8-10H2,1-4H3. The predicted molar refractivity (Wildman–Crippen MR) is 77.8 cm³/mol. The summed E-state index contributed by atoms with van der Waals surface area (Å²) in [5.74, 6) is 2.28. The average molecular weight is 260 g/mol. The third kappa shape index (κ3) is 3.37. The van der Waals surface area contributed by atoms with Crippen molar-refractivity contribution >= 4 is 5.78 Å². The number of carbonyl (C=O) groups excluding carboxylic acids is 1. The molecule has 0 radical (unpaired) electrons. The molecule has 1 aromatic rings. The monoisotopic (exact) mass is 260 g/mol. The van der Waals surface area contributed by atoms with E-state index in [1.807, 2.05) is 0 Å². The second kappa shape index (κ2) is 5.77. The molecule has 0 saturated heterocycles. The fourth-order valence-corrected chi connectivity index (χ4v) is 2.32. The number of ether oxygens (including phenoxy) is 1. The van der Waals surface area contributed by atoms with Crippen LogP contribution in [0.25, 0.3) is 0 Å². The van der Waals surface area contributed by atoms with Crippen molar-refractivity contribution in [3.05, 3.63) is 29.3 Å². The molecule has 2 rings (SSSR count). The Bertz CT molecular complexity index is 430. The summed E-state index contributed by atoms with van der Waals surface area (Å²) in [6.07, 6.45) is 2.09. The highest BCUT2D eigenvalue weighted by atomic mass is 16.5. The van der Waals surface area contributed by atoms with Crippen molar-refractivity contribution in [1.29, 1.82) is 0 Å². The summed E-state index contributed by atoms with van der Waals surface area (Å²) < 4.78 is 5.90. The van der Waals surface area contributed by atoms with E-state index in [1.54, 1.807) is 0 Å². The van der Waals surface area contributed by atoms with E-state index in [4.69, 9.17) is 4.74 Å². The van der Waals surface area contributed by atoms with Crippen molar-refractivity contribution in [2.45, 2.75) is 52.4 Å². The molecular weight excluding hydrogens is 236 g/mol. The maximum absolute atomic E-state index is 11.8. The van der Waals surface area contributed by atoms with E-state index < -0.39 is 0 Å². The molecule has 1 aromatic carbocycles. The summed E-state index contributed by atoms with van der Waals surface area (Å²) in [6.45, 7) is 8.88. The minimum Gasteiger partial charge on any atom is -0.485 e. The Labute approximate surface area is 116 Å². The molecule has 1 fully saturated rings. The van der Waals surface area contributed by atoms with E-state index in [2.05, 4.69) is 45.9 Å². The molecule has 0 atom stereocenters. The van der Waals surface area contributed by atoms with Gasteiger partial charge in [-0.1, -0.05) is 45.9 Å². The van der Waals surface area contributed by atoms with Crippen molar-refractivity contribution in [3.8, 4) is 5.75 Å². The molecule has 0 heterocycles. The second-order valence-electron chi connectivity index (χ2n) is 6.10. The van der Waals surface area contributed by atoms with Crippen LogP contribution in [0.4, 0.5) is 0 Å². The molecular formula is C17H24O2. The molecule has 104 valence electrons. The van der Waals surface area contributed by atoms with Crippen molar-refractivity contribution in [2.75, 3.05) is 6.61 Å². The summed E-state index contributed by atoms with van der Waals surface area (Å²) in [4.78, 5) is 11.8. The Hall–Kier alpha value is -1.31. The van der Waals surface area contributed by atoms with E-state index >= 15 is 0 Å². The fraction of sp³-hybridized carbons (Fsp3) is 0.588. The first kappa shape index (κ1) is 14.1. The number of benzene rings is 1. The van der Waals surface area contributed by atoms with E-state index in [-0.39, 0.29) is 18.3 Å². The lowest BCUT2D eigenvalue weighted by molar-refractivity contribution is -0.122. The molecule has 1 saturated carbocycles. The van der Waals surface area contributed by atoms with Gasteiger partial charge < -0.3 is 4.74 Å². The Morgan fingerprint density at radius 1 is 1.16 bits per heavy atom. The van der Waals surface area contributed by atoms with Gasteiger partial charge in [-0.2, -0.15) is 0 Å². The quantitative estimate of drug-likeness (QED) is 0.762. The normalized spacial score (nSPS) is 15.1.